The molecule has 5 rings (SSSR count). The fourth-order valence-electron chi connectivity index (χ4n) is 3.99. The lowest BCUT2D eigenvalue weighted by atomic mass is 9.99. The molecule has 1 saturated heterocycles. The van der Waals surface area contributed by atoms with Gasteiger partial charge < -0.3 is 19.5 Å². The molecule has 2 aromatic carbocycles. The number of aromatic nitrogens is 2. The number of hydrogen-bond donors (Lipinski definition) is 1. The SMILES string of the molecule is Cc1nc2c(NC3CCOc4cccc(F)c43)cc(N3CCC3=O)cc2n1C. The minimum atomic E-state index is -0.280. The molecule has 0 aliphatic carbocycles. The summed E-state index contributed by atoms with van der Waals surface area (Å²) in [6, 6.07) is 8.63. The van der Waals surface area contributed by atoms with Gasteiger partial charge in [-0.1, -0.05) is 6.07 Å². The van der Waals surface area contributed by atoms with Crippen molar-refractivity contribution < 1.29 is 13.9 Å². The number of amides is 1. The number of anilines is 2. The molecule has 0 bridgehead atoms. The second kappa shape index (κ2) is 6.22. The summed E-state index contributed by atoms with van der Waals surface area (Å²) in [5.74, 6) is 1.29. The van der Waals surface area contributed by atoms with Crippen molar-refractivity contribution in [1.29, 1.82) is 0 Å². The van der Waals surface area contributed by atoms with Crippen LogP contribution in [0.5, 0.6) is 5.75 Å². The van der Waals surface area contributed by atoms with Crippen LogP contribution in [0.4, 0.5) is 15.8 Å². The third-order valence-corrected chi connectivity index (χ3v) is 5.71. The molecular formula is C21H21FN4O2. The Bertz CT molecular complexity index is 1110. The summed E-state index contributed by atoms with van der Waals surface area (Å²) in [4.78, 5) is 18.4. The van der Waals surface area contributed by atoms with Crippen LogP contribution in [0.1, 0.15) is 30.3 Å². The molecule has 3 heterocycles. The Labute approximate surface area is 161 Å². The Morgan fingerprint density at radius 3 is 2.93 bits per heavy atom. The van der Waals surface area contributed by atoms with Crippen LogP contribution < -0.4 is 15.0 Å². The maximum absolute atomic E-state index is 14.5. The van der Waals surface area contributed by atoms with Gasteiger partial charge in [0.25, 0.3) is 0 Å². The highest BCUT2D eigenvalue weighted by atomic mass is 19.1. The van der Waals surface area contributed by atoms with Crippen molar-refractivity contribution in [3.8, 4) is 5.75 Å². The zero-order valence-corrected chi connectivity index (χ0v) is 15.8. The molecule has 0 spiro atoms. The topological polar surface area (TPSA) is 59.4 Å². The first-order valence-electron chi connectivity index (χ1n) is 9.48. The second-order valence-electron chi connectivity index (χ2n) is 7.36. The second-order valence-corrected chi connectivity index (χ2v) is 7.36. The molecule has 7 heteroatoms. The van der Waals surface area contributed by atoms with E-state index in [0.717, 1.165) is 34.8 Å². The highest BCUT2D eigenvalue weighted by Gasteiger charge is 2.29. The molecule has 144 valence electrons. The first-order chi connectivity index (χ1) is 13.5. The number of β-lactam (4-membered cyclic amide) rings is 1. The number of carbonyl (C=O) groups excluding carboxylic acids is 1. The van der Waals surface area contributed by atoms with Crippen molar-refractivity contribution in [3.05, 3.63) is 47.5 Å². The summed E-state index contributed by atoms with van der Waals surface area (Å²) in [5.41, 5.74) is 3.95. The van der Waals surface area contributed by atoms with E-state index in [1.807, 2.05) is 30.7 Å². The molecule has 1 N–H and O–H groups in total. The Morgan fingerprint density at radius 2 is 2.18 bits per heavy atom. The van der Waals surface area contributed by atoms with Crippen LogP contribution in [-0.4, -0.2) is 28.6 Å². The molecular weight excluding hydrogens is 359 g/mol. The van der Waals surface area contributed by atoms with Gasteiger partial charge in [0.1, 0.15) is 22.9 Å². The first-order valence-corrected chi connectivity index (χ1v) is 9.48. The van der Waals surface area contributed by atoms with Crippen LogP contribution in [0.25, 0.3) is 11.0 Å². The first kappa shape index (κ1) is 17.0. The van der Waals surface area contributed by atoms with Crippen molar-refractivity contribution in [2.45, 2.75) is 25.8 Å². The zero-order valence-electron chi connectivity index (χ0n) is 15.8. The van der Waals surface area contributed by atoms with Crippen LogP contribution in [0.15, 0.2) is 30.3 Å². The van der Waals surface area contributed by atoms with E-state index in [9.17, 15) is 9.18 Å². The highest BCUT2D eigenvalue weighted by Crippen LogP contribution is 2.39. The van der Waals surface area contributed by atoms with Gasteiger partial charge >= 0.3 is 0 Å². The van der Waals surface area contributed by atoms with Crippen molar-refractivity contribution in [3.63, 3.8) is 0 Å². The standard InChI is InChI=1S/C21H21FN4O2/c1-12-23-21-16(10-13(11-17(21)25(12)2)26-8-6-19(26)27)24-15-7-9-28-18-5-3-4-14(22)20(15)18/h3-5,10-11,15,24H,6-9H2,1-2H3. The number of rotatable bonds is 3. The average molecular weight is 380 g/mol. The highest BCUT2D eigenvalue weighted by molar-refractivity contribution is 6.03. The number of benzene rings is 2. The van der Waals surface area contributed by atoms with E-state index in [4.69, 9.17) is 9.72 Å². The molecule has 28 heavy (non-hydrogen) atoms. The minimum absolute atomic E-state index is 0.117. The number of nitrogens with zero attached hydrogens (tertiary/aromatic N) is 3. The number of aryl methyl sites for hydroxylation is 2. The number of ether oxygens (including phenoxy) is 1. The van der Waals surface area contributed by atoms with Crippen molar-refractivity contribution >= 4 is 28.3 Å². The Kier molecular flexibility index (Phi) is 3.79. The molecule has 2 aliphatic rings. The van der Waals surface area contributed by atoms with Gasteiger partial charge in [-0.25, -0.2) is 9.37 Å². The molecule has 0 saturated carbocycles. The lowest BCUT2D eigenvalue weighted by molar-refractivity contribution is -0.122. The minimum Gasteiger partial charge on any atom is -0.493 e. The lowest BCUT2D eigenvalue weighted by Gasteiger charge is -2.32. The normalized spacial score (nSPS) is 18.6. The lowest BCUT2D eigenvalue weighted by Crippen LogP contribution is -2.43. The molecule has 1 atom stereocenters. The smallest absolute Gasteiger partial charge is 0.228 e. The molecule has 1 amide bonds. The van der Waals surface area contributed by atoms with E-state index in [2.05, 4.69) is 5.32 Å². The van der Waals surface area contributed by atoms with Crippen LogP contribution in [-0.2, 0) is 11.8 Å². The molecule has 3 aromatic rings. The summed E-state index contributed by atoms with van der Waals surface area (Å²) in [6.07, 6.45) is 1.22. The van der Waals surface area contributed by atoms with Crippen molar-refractivity contribution in [2.75, 3.05) is 23.4 Å². The molecule has 1 fully saturated rings. The van der Waals surface area contributed by atoms with Gasteiger partial charge in [-0.15, -0.1) is 0 Å². The monoisotopic (exact) mass is 380 g/mol. The number of fused-ring (bicyclic) bond motifs is 2. The van der Waals surface area contributed by atoms with Gasteiger partial charge in [0.15, 0.2) is 0 Å². The Balaban J connectivity index is 1.61. The predicted octanol–water partition coefficient (Wildman–Crippen LogP) is 3.69. The summed E-state index contributed by atoms with van der Waals surface area (Å²) in [6.45, 7) is 3.18. The van der Waals surface area contributed by atoms with Crippen LogP contribution >= 0.6 is 0 Å². The average Bonchev–Trinajstić information content (AvgIpc) is 2.96. The van der Waals surface area contributed by atoms with E-state index in [-0.39, 0.29) is 17.8 Å². The zero-order chi connectivity index (χ0) is 19.4. The summed E-state index contributed by atoms with van der Waals surface area (Å²) in [5, 5.41) is 3.49. The summed E-state index contributed by atoms with van der Waals surface area (Å²) >= 11 is 0. The number of nitrogens with one attached hydrogen (secondary N) is 1. The summed E-state index contributed by atoms with van der Waals surface area (Å²) < 4.78 is 22.2. The third kappa shape index (κ3) is 2.53. The van der Waals surface area contributed by atoms with Gasteiger partial charge in [0.05, 0.1) is 29.4 Å². The number of halogens is 1. The van der Waals surface area contributed by atoms with Crippen molar-refractivity contribution in [2.24, 2.45) is 7.05 Å². The van der Waals surface area contributed by atoms with Gasteiger partial charge in [-0.3, -0.25) is 4.79 Å². The van der Waals surface area contributed by atoms with Crippen LogP contribution in [0.3, 0.4) is 0 Å². The number of carbonyl (C=O) groups is 1. The maximum atomic E-state index is 14.5. The molecule has 6 nitrogen and oxygen atoms in total. The van der Waals surface area contributed by atoms with E-state index in [1.165, 1.54) is 6.07 Å². The number of hydrogen-bond acceptors (Lipinski definition) is 4. The molecule has 0 radical (unpaired) electrons. The van der Waals surface area contributed by atoms with E-state index in [0.29, 0.717) is 30.8 Å². The van der Waals surface area contributed by atoms with Gasteiger partial charge in [0.2, 0.25) is 5.91 Å². The van der Waals surface area contributed by atoms with Crippen molar-refractivity contribution in [1.82, 2.24) is 9.55 Å². The Morgan fingerprint density at radius 1 is 1.32 bits per heavy atom. The quantitative estimate of drug-likeness (QED) is 0.704. The number of imidazole rings is 1. The molecule has 1 unspecified atom stereocenters. The maximum Gasteiger partial charge on any atom is 0.228 e. The van der Waals surface area contributed by atoms with E-state index >= 15 is 0 Å². The van der Waals surface area contributed by atoms with Crippen LogP contribution in [0.2, 0.25) is 0 Å². The molecule has 2 aliphatic heterocycles. The fraction of sp³-hybridized carbons (Fsp3) is 0.333. The third-order valence-electron chi connectivity index (χ3n) is 5.71. The van der Waals surface area contributed by atoms with E-state index < -0.39 is 0 Å². The summed E-state index contributed by atoms with van der Waals surface area (Å²) in [7, 11) is 1.96. The van der Waals surface area contributed by atoms with Gasteiger partial charge in [-0.2, -0.15) is 0 Å². The molecule has 1 aromatic heterocycles. The van der Waals surface area contributed by atoms with Gasteiger partial charge in [-0.05, 0) is 31.2 Å². The Hall–Kier alpha value is -3.09. The van der Waals surface area contributed by atoms with E-state index in [1.54, 1.807) is 17.0 Å². The largest absolute Gasteiger partial charge is 0.493 e. The van der Waals surface area contributed by atoms with Gasteiger partial charge in [0, 0.05) is 32.1 Å². The fourth-order valence-corrected chi connectivity index (χ4v) is 3.99. The predicted molar refractivity (Wildman–Crippen MR) is 105 cm³/mol. The van der Waals surface area contributed by atoms with Crippen LogP contribution in [0, 0.1) is 12.7 Å².